The average Bonchev–Trinajstić information content (AvgIpc) is 1.88. The van der Waals surface area contributed by atoms with E-state index in [1.807, 2.05) is 13.8 Å². The van der Waals surface area contributed by atoms with Gasteiger partial charge in [-0.3, -0.25) is 4.79 Å². The van der Waals surface area contributed by atoms with Gasteiger partial charge >= 0.3 is 0 Å². The molecule has 2 nitrogen and oxygen atoms in total. The summed E-state index contributed by atoms with van der Waals surface area (Å²) in [5.41, 5.74) is -1.08. The molecular weight excluding hydrogens is 140 g/mol. The molecular formula is C9H18O2. The van der Waals surface area contributed by atoms with Crippen LogP contribution in [0, 0.1) is 0 Å². The number of carbonyl (C=O) groups is 1. The third kappa shape index (κ3) is 3.51. The molecule has 0 aromatic heterocycles. The number of rotatable bonds is 5. The van der Waals surface area contributed by atoms with E-state index in [0.29, 0.717) is 12.8 Å². The molecule has 0 spiro atoms. The number of ketones is 1. The largest absolute Gasteiger partial charge is 0.382 e. The highest BCUT2D eigenvalue weighted by atomic mass is 16.3. The highest BCUT2D eigenvalue weighted by Crippen LogP contribution is 2.15. The zero-order valence-corrected chi connectivity index (χ0v) is 7.68. The predicted molar refractivity (Wildman–Crippen MR) is 45.4 cm³/mol. The van der Waals surface area contributed by atoms with Crippen LogP contribution in [0.3, 0.4) is 0 Å². The zero-order chi connectivity index (χ0) is 8.91. The summed E-state index contributed by atoms with van der Waals surface area (Å²) in [5.74, 6) is -0.0261. The van der Waals surface area contributed by atoms with E-state index in [9.17, 15) is 9.90 Å². The third-order valence-corrected chi connectivity index (χ3v) is 1.81. The standard InChI is InChI=1S/C9H18O2/c1-4-6-8(10)9(3,11)7-5-2/h11H,4-7H2,1-3H3. The third-order valence-electron chi connectivity index (χ3n) is 1.81. The van der Waals surface area contributed by atoms with Crippen LogP contribution in [0.2, 0.25) is 0 Å². The van der Waals surface area contributed by atoms with Crippen molar-refractivity contribution in [1.29, 1.82) is 0 Å². The molecule has 0 rings (SSSR count). The van der Waals surface area contributed by atoms with Gasteiger partial charge in [-0.05, 0) is 19.8 Å². The van der Waals surface area contributed by atoms with Gasteiger partial charge in [0.15, 0.2) is 5.78 Å². The maximum atomic E-state index is 11.2. The lowest BCUT2D eigenvalue weighted by Crippen LogP contribution is -2.34. The Balaban J connectivity index is 3.94. The van der Waals surface area contributed by atoms with Crippen LogP contribution >= 0.6 is 0 Å². The lowest BCUT2D eigenvalue weighted by molar-refractivity contribution is -0.136. The SMILES string of the molecule is CCCC(=O)C(C)(O)CCC. The second-order valence-corrected chi connectivity index (χ2v) is 3.20. The summed E-state index contributed by atoms with van der Waals surface area (Å²) in [7, 11) is 0. The van der Waals surface area contributed by atoms with Crippen molar-refractivity contribution in [3.05, 3.63) is 0 Å². The van der Waals surface area contributed by atoms with Crippen LogP contribution in [0.5, 0.6) is 0 Å². The molecule has 66 valence electrons. The molecule has 0 heterocycles. The summed E-state index contributed by atoms with van der Waals surface area (Å²) in [6, 6.07) is 0. The van der Waals surface area contributed by atoms with E-state index in [4.69, 9.17) is 0 Å². The van der Waals surface area contributed by atoms with Crippen LogP contribution in [0.15, 0.2) is 0 Å². The average molecular weight is 158 g/mol. The van der Waals surface area contributed by atoms with Gasteiger partial charge in [-0.1, -0.05) is 20.3 Å². The van der Waals surface area contributed by atoms with E-state index in [1.165, 1.54) is 0 Å². The van der Waals surface area contributed by atoms with E-state index in [0.717, 1.165) is 12.8 Å². The van der Waals surface area contributed by atoms with E-state index in [1.54, 1.807) is 6.92 Å². The van der Waals surface area contributed by atoms with Gasteiger partial charge in [0.05, 0.1) is 0 Å². The minimum atomic E-state index is -1.08. The number of aliphatic hydroxyl groups is 1. The summed E-state index contributed by atoms with van der Waals surface area (Å²) >= 11 is 0. The first-order valence-corrected chi connectivity index (χ1v) is 4.30. The summed E-state index contributed by atoms with van der Waals surface area (Å²) in [4.78, 5) is 11.2. The van der Waals surface area contributed by atoms with E-state index < -0.39 is 5.60 Å². The van der Waals surface area contributed by atoms with Crippen molar-refractivity contribution in [2.24, 2.45) is 0 Å². The van der Waals surface area contributed by atoms with Gasteiger partial charge in [-0.2, -0.15) is 0 Å². The van der Waals surface area contributed by atoms with Crippen LogP contribution in [-0.4, -0.2) is 16.5 Å². The van der Waals surface area contributed by atoms with Crippen molar-refractivity contribution in [2.75, 3.05) is 0 Å². The van der Waals surface area contributed by atoms with Crippen molar-refractivity contribution >= 4 is 5.78 Å². The Morgan fingerprint density at radius 2 is 1.91 bits per heavy atom. The molecule has 0 radical (unpaired) electrons. The molecule has 1 N–H and O–H groups in total. The van der Waals surface area contributed by atoms with Crippen molar-refractivity contribution < 1.29 is 9.90 Å². The lowest BCUT2D eigenvalue weighted by Gasteiger charge is -2.20. The molecule has 0 aromatic rings. The van der Waals surface area contributed by atoms with E-state index in [2.05, 4.69) is 0 Å². The molecule has 1 atom stereocenters. The first-order chi connectivity index (χ1) is 5.04. The number of hydrogen-bond donors (Lipinski definition) is 1. The van der Waals surface area contributed by atoms with Crippen LogP contribution in [0.25, 0.3) is 0 Å². The predicted octanol–water partition coefficient (Wildman–Crippen LogP) is 1.91. The first kappa shape index (κ1) is 10.6. The van der Waals surface area contributed by atoms with Gasteiger partial charge in [-0.25, -0.2) is 0 Å². The van der Waals surface area contributed by atoms with Crippen LogP contribution in [0.1, 0.15) is 46.5 Å². The molecule has 0 fully saturated rings. The van der Waals surface area contributed by atoms with Gasteiger partial charge in [0, 0.05) is 6.42 Å². The van der Waals surface area contributed by atoms with Gasteiger partial charge < -0.3 is 5.11 Å². The number of hydrogen-bond acceptors (Lipinski definition) is 2. The normalized spacial score (nSPS) is 16.0. The highest BCUT2D eigenvalue weighted by Gasteiger charge is 2.27. The molecule has 0 aliphatic rings. The van der Waals surface area contributed by atoms with Crippen LogP contribution in [0.4, 0.5) is 0 Å². The maximum Gasteiger partial charge on any atom is 0.164 e. The molecule has 11 heavy (non-hydrogen) atoms. The van der Waals surface area contributed by atoms with Gasteiger partial charge in [0.1, 0.15) is 5.60 Å². The molecule has 0 saturated heterocycles. The minimum absolute atomic E-state index is 0.0261. The number of carbonyl (C=O) groups excluding carboxylic acids is 1. The molecule has 2 heteroatoms. The fourth-order valence-corrected chi connectivity index (χ4v) is 1.12. The van der Waals surface area contributed by atoms with E-state index in [-0.39, 0.29) is 5.78 Å². The van der Waals surface area contributed by atoms with Gasteiger partial charge in [0.25, 0.3) is 0 Å². The Morgan fingerprint density at radius 3 is 2.27 bits per heavy atom. The van der Waals surface area contributed by atoms with Crippen LogP contribution < -0.4 is 0 Å². The lowest BCUT2D eigenvalue weighted by atomic mass is 9.93. The molecule has 0 amide bonds. The minimum Gasteiger partial charge on any atom is -0.382 e. The quantitative estimate of drug-likeness (QED) is 0.663. The Kier molecular flexibility index (Phi) is 4.34. The van der Waals surface area contributed by atoms with E-state index >= 15 is 0 Å². The Hall–Kier alpha value is -0.370. The Bertz CT molecular complexity index is 128. The molecule has 0 aliphatic carbocycles. The maximum absolute atomic E-state index is 11.2. The van der Waals surface area contributed by atoms with Crippen molar-refractivity contribution in [3.63, 3.8) is 0 Å². The smallest absolute Gasteiger partial charge is 0.164 e. The molecule has 0 aromatic carbocycles. The second kappa shape index (κ2) is 4.50. The highest BCUT2D eigenvalue weighted by molar-refractivity contribution is 5.86. The van der Waals surface area contributed by atoms with Crippen molar-refractivity contribution in [3.8, 4) is 0 Å². The first-order valence-electron chi connectivity index (χ1n) is 4.30. The molecule has 0 aliphatic heterocycles. The summed E-state index contributed by atoms with van der Waals surface area (Å²) in [5, 5.41) is 9.56. The summed E-state index contributed by atoms with van der Waals surface area (Å²) < 4.78 is 0. The summed E-state index contributed by atoms with van der Waals surface area (Å²) in [6.45, 7) is 5.52. The number of Topliss-reactive ketones (excluding diaryl/α,β-unsaturated/α-hetero) is 1. The Morgan fingerprint density at radius 1 is 1.36 bits per heavy atom. The molecule has 0 saturated carbocycles. The zero-order valence-electron chi connectivity index (χ0n) is 7.68. The fraction of sp³-hybridized carbons (Fsp3) is 0.889. The van der Waals surface area contributed by atoms with Crippen molar-refractivity contribution in [2.45, 2.75) is 52.1 Å². The summed E-state index contributed by atoms with van der Waals surface area (Å²) in [6.07, 6.45) is 2.74. The van der Waals surface area contributed by atoms with Crippen LogP contribution in [-0.2, 0) is 4.79 Å². The monoisotopic (exact) mass is 158 g/mol. The Labute approximate surface area is 68.6 Å². The van der Waals surface area contributed by atoms with Crippen molar-refractivity contribution in [1.82, 2.24) is 0 Å². The molecule has 1 unspecified atom stereocenters. The molecule has 0 bridgehead atoms. The second-order valence-electron chi connectivity index (χ2n) is 3.20. The van der Waals surface area contributed by atoms with Gasteiger partial charge in [-0.15, -0.1) is 0 Å². The fourth-order valence-electron chi connectivity index (χ4n) is 1.12. The topological polar surface area (TPSA) is 37.3 Å². The van der Waals surface area contributed by atoms with Gasteiger partial charge in [0.2, 0.25) is 0 Å².